The molecule has 4 N–H and O–H groups in total. The molecule has 0 amide bonds. The topological polar surface area (TPSA) is 126 Å². The fourth-order valence-corrected chi connectivity index (χ4v) is 4.47. The zero-order valence-corrected chi connectivity index (χ0v) is 18.8. The molecule has 0 saturated carbocycles. The van der Waals surface area contributed by atoms with Crippen LogP contribution in [0.15, 0.2) is 67.0 Å². The number of halogens is 1. The molecule has 1 aliphatic rings. The molecule has 9 nitrogen and oxygen atoms in total. The molecule has 4 atom stereocenters. The Labute approximate surface area is 200 Å². The maximum Gasteiger partial charge on any atom is 0.226 e. The largest absolute Gasteiger partial charge is 0.394 e. The van der Waals surface area contributed by atoms with Gasteiger partial charge in [-0.15, -0.1) is 0 Å². The molecule has 4 aromatic rings. The van der Waals surface area contributed by atoms with Crippen LogP contribution in [0.3, 0.4) is 0 Å². The third-order valence-corrected chi connectivity index (χ3v) is 6.23. The molecule has 34 heavy (non-hydrogen) atoms. The van der Waals surface area contributed by atoms with Crippen molar-refractivity contribution in [3.8, 4) is 0 Å². The van der Waals surface area contributed by atoms with Crippen molar-refractivity contribution in [2.24, 2.45) is 0 Å². The van der Waals surface area contributed by atoms with E-state index in [1.165, 1.54) is 10.9 Å². The van der Waals surface area contributed by atoms with Crippen molar-refractivity contribution < 1.29 is 20.1 Å². The Kier molecular flexibility index (Phi) is 6.44. The number of nitrogens with zero attached hydrogens (tertiary/aromatic N) is 4. The van der Waals surface area contributed by atoms with Crippen molar-refractivity contribution in [1.82, 2.24) is 19.5 Å². The number of aliphatic hydroxyl groups is 3. The highest BCUT2D eigenvalue weighted by atomic mass is 35.5. The van der Waals surface area contributed by atoms with Crippen LogP contribution in [0.4, 0.5) is 5.82 Å². The van der Waals surface area contributed by atoms with Crippen molar-refractivity contribution >= 4 is 28.6 Å². The van der Waals surface area contributed by atoms with Gasteiger partial charge in [0.1, 0.15) is 18.3 Å². The highest BCUT2D eigenvalue weighted by Crippen LogP contribution is 2.33. The molecule has 1 saturated heterocycles. The molecule has 176 valence electrons. The monoisotopic (exact) mass is 481 g/mol. The number of fused-ring (bicyclic) bond motifs is 1. The molecule has 5 rings (SSSR count). The first-order valence-electron chi connectivity index (χ1n) is 10.9. The normalized spacial score (nSPS) is 22.5. The summed E-state index contributed by atoms with van der Waals surface area (Å²) in [5, 5.41) is 33.3. The third-order valence-electron chi connectivity index (χ3n) is 6.06. The van der Waals surface area contributed by atoms with Crippen LogP contribution in [-0.4, -0.2) is 66.3 Å². The lowest BCUT2D eigenvalue weighted by molar-refractivity contribution is -0.0511. The zero-order valence-electron chi connectivity index (χ0n) is 18.1. The van der Waals surface area contributed by atoms with Gasteiger partial charge in [0, 0.05) is 12.5 Å². The van der Waals surface area contributed by atoms with Crippen molar-refractivity contribution in [3.63, 3.8) is 0 Å². The Bertz CT molecular complexity index is 1220. The number of hydrogen-bond donors (Lipinski definition) is 4. The summed E-state index contributed by atoms with van der Waals surface area (Å²) in [6, 6.07) is 20.3. The van der Waals surface area contributed by atoms with Gasteiger partial charge in [-0.1, -0.05) is 60.7 Å². The van der Waals surface area contributed by atoms with E-state index in [0.717, 1.165) is 11.1 Å². The van der Waals surface area contributed by atoms with Crippen LogP contribution in [-0.2, 0) is 4.74 Å². The number of hydrogen-bond acceptors (Lipinski definition) is 8. The average Bonchev–Trinajstić information content (AvgIpc) is 3.41. The summed E-state index contributed by atoms with van der Waals surface area (Å²) in [5.41, 5.74) is 3.08. The third kappa shape index (κ3) is 4.24. The lowest BCUT2D eigenvalue weighted by Crippen LogP contribution is -2.33. The minimum atomic E-state index is -1.26. The summed E-state index contributed by atoms with van der Waals surface area (Å²) in [5.74, 6) is 0.492. The maximum atomic E-state index is 10.4. The molecule has 1 aliphatic heterocycles. The Morgan fingerprint density at radius 1 is 0.971 bits per heavy atom. The van der Waals surface area contributed by atoms with Gasteiger partial charge in [0.05, 0.1) is 12.9 Å². The van der Waals surface area contributed by atoms with Gasteiger partial charge in [-0.25, -0.2) is 4.98 Å². The zero-order chi connectivity index (χ0) is 23.7. The molecule has 0 radical (unpaired) electrons. The van der Waals surface area contributed by atoms with E-state index in [4.69, 9.17) is 16.3 Å². The van der Waals surface area contributed by atoms with E-state index >= 15 is 0 Å². The lowest BCUT2D eigenvalue weighted by atomic mass is 9.91. The number of aliphatic hydroxyl groups excluding tert-OH is 3. The molecule has 10 heteroatoms. The minimum Gasteiger partial charge on any atom is -0.394 e. The Hall–Kier alpha value is -3.08. The number of nitrogens with one attached hydrogen (secondary N) is 1. The Balaban J connectivity index is 1.46. The van der Waals surface area contributed by atoms with E-state index in [2.05, 4.69) is 44.5 Å². The predicted molar refractivity (Wildman–Crippen MR) is 127 cm³/mol. The van der Waals surface area contributed by atoms with Gasteiger partial charge in [-0.2, -0.15) is 9.97 Å². The second-order valence-electron chi connectivity index (χ2n) is 8.15. The lowest BCUT2D eigenvalue weighted by Gasteiger charge is -2.19. The molecule has 2 aromatic carbocycles. The number of rotatable bonds is 7. The number of aromatic nitrogens is 4. The first-order valence-corrected chi connectivity index (χ1v) is 11.3. The number of anilines is 1. The van der Waals surface area contributed by atoms with Gasteiger partial charge < -0.3 is 25.4 Å². The van der Waals surface area contributed by atoms with Crippen LogP contribution < -0.4 is 5.32 Å². The fraction of sp³-hybridized carbons (Fsp3) is 0.292. The van der Waals surface area contributed by atoms with Crippen LogP contribution >= 0.6 is 11.6 Å². The molecule has 0 unspecified atom stereocenters. The second-order valence-corrected chi connectivity index (χ2v) is 8.49. The van der Waals surface area contributed by atoms with E-state index in [1.807, 2.05) is 36.4 Å². The fourth-order valence-electron chi connectivity index (χ4n) is 4.31. The van der Waals surface area contributed by atoms with E-state index in [9.17, 15) is 15.3 Å². The van der Waals surface area contributed by atoms with Gasteiger partial charge in [-0.05, 0) is 22.7 Å². The summed E-state index contributed by atoms with van der Waals surface area (Å²) < 4.78 is 7.12. The highest BCUT2D eigenvalue weighted by Gasteiger charge is 2.44. The Morgan fingerprint density at radius 3 is 2.21 bits per heavy atom. The standard InChI is InChI=1S/C24H24ClN5O4/c25-24-28-21(26-11-16(14-7-3-1-4-8-14)15-9-5-2-6-10-15)18-22(29-24)30(13-27-18)23-20(33)19(32)17(12-31)34-23/h1-10,13,16-17,19-20,23,31-33H,11-12H2,(H,26,28,29)/t17-,19+,20-,23-/m1/s1. The summed E-state index contributed by atoms with van der Waals surface area (Å²) in [4.78, 5) is 13.0. The van der Waals surface area contributed by atoms with Crippen LogP contribution in [0.25, 0.3) is 11.2 Å². The molecule has 3 heterocycles. The van der Waals surface area contributed by atoms with Crippen LogP contribution in [0, 0.1) is 0 Å². The SMILES string of the molecule is OC[C@H]1O[C@@H](n2cnc3c(NCC(c4ccccc4)c4ccccc4)nc(Cl)nc32)[C@H](O)[C@H]1O. The molecule has 0 bridgehead atoms. The van der Waals surface area contributed by atoms with Gasteiger partial charge >= 0.3 is 0 Å². The molecular formula is C24H24ClN5O4. The van der Waals surface area contributed by atoms with E-state index in [-0.39, 0.29) is 11.2 Å². The quantitative estimate of drug-likeness (QED) is 0.296. The van der Waals surface area contributed by atoms with Gasteiger partial charge in [0.25, 0.3) is 0 Å². The van der Waals surface area contributed by atoms with E-state index < -0.39 is 31.1 Å². The predicted octanol–water partition coefficient (Wildman–Crippen LogP) is 2.34. The van der Waals surface area contributed by atoms with Crippen LogP contribution in [0.1, 0.15) is 23.3 Å². The van der Waals surface area contributed by atoms with Crippen molar-refractivity contribution in [1.29, 1.82) is 0 Å². The summed E-state index contributed by atoms with van der Waals surface area (Å²) in [6.45, 7) is 0.0987. The van der Waals surface area contributed by atoms with Gasteiger partial charge in [0.2, 0.25) is 5.28 Å². The van der Waals surface area contributed by atoms with Crippen molar-refractivity contribution in [2.75, 3.05) is 18.5 Å². The highest BCUT2D eigenvalue weighted by molar-refractivity contribution is 6.28. The maximum absolute atomic E-state index is 10.4. The number of imidazole rings is 1. The minimum absolute atomic E-state index is 0.000495. The first kappa shape index (κ1) is 22.7. The molecular weight excluding hydrogens is 458 g/mol. The van der Waals surface area contributed by atoms with Gasteiger partial charge in [0.15, 0.2) is 23.2 Å². The summed E-state index contributed by atoms with van der Waals surface area (Å²) >= 11 is 6.23. The second kappa shape index (κ2) is 9.65. The molecule has 0 aliphatic carbocycles. The smallest absolute Gasteiger partial charge is 0.226 e. The average molecular weight is 482 g/mol. The van der Waals surface area contributed by atoms with Crippen LogP contribution in [0.5, 0.6) is 0 Å². The van der Waals surface area contributed by atoms with E-state index in [1.54, 1.807) is 0 Å². The van der Waals surface area contributed by atoms with E-state index in [0.29, 0.717) is 23.5 Å². The number of benzene rings is 2. The first-order chi connectivity index (χ1) is 16.6. The summed E-state index contributed by atoms with van der Waals surface area (Å²) in [7, 11) is 0. The van der Waals surface area contributed by atoms with Crippen molar-refractivity contribution in [2.45, 2.75) is 30.5 Å². The summed E-state index contributed by atoms with van der Waals surface area (Å²) in [6.07, 6.45) is -2.94. The molecule has 2 aromatic heterocycles. The molecule has 0 spiro atoms. The Morgan fingerprint density at radius 2 is 1.62 bits per heavy atom. The van der Waals surface area contributed by atoms with Gasteiger partial charge in [-0.3, -0.25) is 4.57 Å². The molecule has 1 fully saturated rings. The van der Waals surface area contributed by atoms with Crippen molar-refractivity contribution in [3.05, 3.63) is 83.4 Å². The number of ether oxygens (including phenoxy) is 1. The van der Waals surface area contributed by atoms with Crippen LogP contribution in [0.2, 0.25) is 5.28 Å².